The van der Waals surface area contributed by atoms with Crippen molar-refractivity contribution in [2.75, 3.05) is 13.7 Å². The first kappa shape index (κ1) is 12.5. The summed E-state index contributed by atoms with van der Waals surface area (Å²) in [5, 5.41) is 2.86. The first-order valence-electron chi connectivity index (χ1n) is 5.82. The van der Waals surface area contributed by atoms with Crippen LogP contribution in [0.15, 0.2) is 0 Å². The number of rotatable bonds is 5. The molecule has 1 aliphatic carbocycles. The van der Waals surface area contributed by atoms with Gasteiger partial charge in [0.2, 0.25) is 5.91 Å². The van der Waals surface area contributed by atoms with Gasteiger partial charge in [0.15, 0.2) is 0 Å². The fourth-order valence-corrected chi connectivity index (χ4v) is 1.95. The Morgan fingerprint density at radius 3 is 2.47 bits per heavy atom. The van der Waals surface area contributed by atoms with Crippen LogP contribution < -0.4 is 11.1 Å². The summed E-state index contributed by atoms with van der Waals surface area (Å²) in [6.45, 7) is 0.399. The Hall–Kier alpha value is -0.610. The van der Waals surface area contributed by atoms with Crippen molar-refractivity contribution in [2.45, 2.75) is 50.7 Å². The number of hydrogen-bond acceptors (Lipinski definition) is 3. The molecular formula is C11H22N2O2. The second-order valence-electron chi connectivity index (χ2n) is 4.19. The first-order valence-corrected chi connectivity index (χ1v) is 5.82. The summed E-state index contributed by atoms with van der Waals surface area (Å²) < 4.78 is 5.71. The lowest BCUT2D eigenvalue weighted by atomic mass is 10.1. The number of nitrogens with two attached hydrogens (primary N) is 1. The molecule has 1 amide bonds. The highest BCUT2D eigenvalue weighted by molar-refractivity contribution is 5.79. The number of likely N-dealkylation sites (N-methyl/N-ethyl adjacent to an activating group) is 1. The van der Waals surface area contributed by atoms with Gasteiger partial charge >= 0.3 is 0 Å². The molecule has 0 radical (unpaired) electrons. The van der Waals surface area contributed by atoms with Gasteiger partial charge in [0.25, 0.3) is 0 Å². The third-order valence-corrected chi connectivity index (χ3v) is 2.99. The molecule has 0 bridgehead atoms. The molecule has 0 saturated heterocycles. The van der Waals surface area contributed by atoms with Crippen LogP contribution in [-0.4, -0.2) is 31.7 Å². The predicted octanol–water partition coefficient (Wildman–Crippen LogP) is 0.799. The fraction of sp³-hybridized carbons (Fsp3) is 0.909. The maximum absolute atomic E-state index is 11.0. The van der Waals surface area contributed by atoms with Crippen LogP contribution in [0.5, 0.6) is 0 Å². The van der Waals surface area contributed by atoms with E-state index in [1.807, 2.05) is 0 Å². The van der Waals surface area contributed by atoms with E-state index in [2.05, 4.69) is 5.32 Å². The zero-order valence-corrected chi connectivity index (χ0v) is 9.50. The Morgan fingerprint density at radius 1 is 1.40 bits per heavy atom. The topological polar surface area (TPSA) is 64.3 Å². The number of primary amides is 1. The molecule has 1 unspecified atom stereocenters. The normalized spacial score (nSPS) is 20.9. The van der Waals surface area contributed by atoms with Gasteiger partial charge in [-0.3, -0.25) is 4.79 Å². The molecule has 4 nitrogen and oxygen atoms in total. The summed E-state index contributed by atoms with van der Waals surface area (Å²) in [5.41, 5.74) is 5.21. The van der Waals surface area contributed by atoms with Crippen molar-refractivity contribution in [3.63, 3.8) is 0 Å². The molecule has 4 heteroatoms. The number of ether oxygens (including phenoxy) is 1. The molecule has 1 fully saturated rings. The number of carbonyl (C=O) groups is 1. The molecule has 1 saturated carbocycles. The van der Waals surface area contributed by atoms with E-state index in [0.717, 1.165) is 12.8 Å². The van der Waals surface area contributed by atoms with Gasteiger partial charge in [0, 0.05) is 0 Å². The summed E-state index contributed by atoms with van der Waals surface area (Å²) >= 11 is 0. The van der Waals surface area contributed by atoms with E-state index in [1.165, 1.54) is 25.7 Å². The van der Waals surface area contributed by atoms with E-state index in [9.17, 15) is 4.79 Å². The molecule has 1 atom stereocenters. The van der Waals surface area contributed by atoms with E-state index < -0.39 is 0 Å². The molecular weight excluding hydrogens is 192 g/mol. The van der Waals surface area contributed by atoms with E-state index in [1.54, 1.807) is 7.05 Å². The lowest BCUT2D eigenvalue weighted by Crippen LogP contribution is -2.43. The van der Waals surface area contributed by atoms with Crippen molar-refractivity contribution >= 4 is 5.91 Å². The first-order chi connectivity index (χ1) is 7.24. The zero-order chi connectivity index (χ0) is 11.1. The molecule has 3 N–H and O–H groups in total. The minimum Gasteiger partial charge on any atom is -0.376 e. The smallest absolute Gasteiger partial charge is 0.236 e. The minimum absolute atomic E-state index is 0.322. The van der Waals surface area contributed by atoms with Gasteiger partial charge in [0.05, 0.1) is 12.7 Å². The summed E-state index contributed by atoms with van der Waals surface area (Å²) in [4.78, 5) is 11.0. The van der Waals surface area contributed by atoms with Crippen molar-refractivity contribution in [1.29, 1.82) is 0 Å². The van der Waals surface area contributed by atoms with Crippen molar-refractivity contribution < 1.29 is 9.53 Å². The average molecular weight is 214 g/mol. The molecule has 1 rings (SSSR count). The molecule has 0 heterocycles. The van der Waals surface area contributed by atoms with Crippen LogP contribution in [0.1, 0.15) is 38.5 Å². The van der Waals surface area contributed by atoms with E-state index in [0.29, 0.717) is 12.7 Å². The van der Waals surface area contributed by atoms with E-state index in [-0.39, 0.29) is 11.9 Å². The lowest BCUT2D eigenvalue weighted by molar-refractivity contribution is -0.122. The highest BCUT2D eigenvalue weighted by Crippen LogP contribution is 2.19. The molecule has 0 aromatic rings. The average Bonchev–Trinajstić information content (AvgIpc) is 2.46. The Balaban J connectivity index is 2.24. The number of carbonyl (C=O) groups excluding carboxylic acids is 1. The Bertz CT molecular complexity index is 189. The van der Waals surface area contributed by atoms with Gasteiger partial charge in [-0.2, -0.15) is 0 Å². The van der Waals surface area contributed by atoms with Gasteiger partial charge in [0.1, 0.15) is 6.04 Å². The molecule has 0 spiro atoms. The van der Waals surface area contributed by atoms with Crippen molar-refractivity contribution in [2.24, 2.45) is 5.73 Å². The van der Waals surface area contributed by atoms with Crippen LogP contribution in [0, 0.1) is 0 Å². The molecule has 88 valence electrons. The second kappa shape index (κ2) is 6.80. The van der Waals surface area contributed by atoms with Gasteiger partial charge in [-0.1, -0.05) is 25.7 Å². The fourth-order valence-electron chi connectivity index (χ4n) is 1.95. The standard InChI is InChI=1S/C11H22N2O2/c1-13-10(11(12)14)8-15-9-6-4-2-3-5-7-9/h9-10,13H,2-8H2,1H3,(H2,12,14). The molecule has 0 aromatic heterocycles. The van der Waals surface area contributed by atoms with Crippen LogP contribution in [0.25, 0.3) is 0 Å². The van der Waals surface area contributed by atoms with Crippen LogP contribution in [0.3, 0.4) is 0 Å². The summed E-state index contributed by atoms with van der Waals surface area (Å²) in [7, 11) is 1.73. The predicted molar refractivity (Wildman–Crippen MR) is 59.5 cm³/mol. The maximum Gasteiger partial charge on any atom is 0.236 e. The Labute approximate surface area is 91.5 Å². The quantitative estimate of drug-likeness (QED) is 0.665. The van der Waals surface area contributed by atoms with Crippen molar-refractivity contribution in [1.82, 2.24) is 5.32 Å². The Kier molecular flexibility index (Phi) is 5.65. The van der Waals surface area contributed by atoms with Gasteiger partial charge in [-0.15, -0.1) is 0 Å². The maximum atomic E-state index is 11.0. The lowest BCUT2D eigenvalue weighted by Gasteiger charge is -2.19. The number of nitrogens with one attached hydrogen (secondary N) is 1. The summed E-state index contributed by atoms with van der Waals surface area (Å²) in [6.07, 6.45) is 7.67. The molecule has 0 aliphatic heterocycles. The van der Waals surface area contributed by atoms with Gasteiger partial charge in [-0.25, -0.2) is 0 Å². The summed E-state index contributed by atoms with van der Waals surface area (Å²) in [6, 6.07) is -0.353. The van der Waals surface area contributed by atoms with Gasteiger partial charge in [-0.05, 0) is 19.9 Å². The number of hydrogen-bond donors (Lipinski definition) is 2. The largest absolute Gasteiger partial charge is 0.376 e. The third-order valence-electron chi connectivity index (χ3n) is 2.99. The molecule has 0 aromatic carbocycles. The second-order valence-corrected chi connectivity index (χ2v) is 4.19. The van der Waals surface area contributed by atoms with Crippen molar-refractivity contribution in [3.8, 4) is 0 Å². The van der Waals surface area contributed by atoms with E-state index >= 15 is 0 Å². The molecule has 15 heavy (non-hydrogen) atoms. The van der Waals surface area contributed by atoms with Crippen LogP contribution in [0.2, 0.25) is 0 Å². The van der Waals surface area contributed by atoms with Crippen LogP contribution >= 0.6 is 0 Å². The monoisotopic (exact) mass is 214 g/mol. The van der Waals surface area contributed by atoms with Gasteiger partial charge < -0.3 is 15.8 Å². The zero-order valence-electron chi connectivity index (χ0n) is 9.50. The van der Waals surface area contributed by atoms with Crippen molar-refractivity contribution in [3.05, 3.63) is 0 Å². The summed E-state index contributed by atoms with van der Waals surface area (Å²) in [5.74, 6) is -0.342. The highest BCUT2D eigenvalue weighted by atomic mass is 16.5. The Morgan fingerprint density at radius 2 is 2.00 bits per heavy atom. The van der Waals surface area contributed by atoms with Crippen LogP contribution in [0.4, 0.5) is 0 Å². The number of amides is 1. The molecule has 1 aliphatic rings. The SMILES string of the molecule is CNC(COC1CCCCCC1)C(N)=O. The third kappa shape index (κ3) is 4.62. The van der Waals surface area contributed by atoms with Crippen LogP contribution in [-0.2, 0) is 9.53 Å². The van der Waals surface area contributed by atoms with E-state index in [4.69, 9.17) is 10.5 Å². The highest BCUT2D eigenvalue weighted by Gasteiger charge is 2.17. The minimum atomic E-state index is -0.353.